The molecule has 0 spiro atoms. The van der Waals surface area contributed by atoms with Gasteiger partial charge in [0.2, 0.25) is 0 Å². The summed E-state index contributed by atoms with van der Waals surface area (Å²) in [5, 5.41) is 10.3. The lowest BCUT2D eigenvalue weighted by molar-refractivity contribution is -0.137. The molecule has 29 heavy (non-hydrogen) atoms. The van der Waals surface area contributed by atoms with E-state index in [-0.39, 0.29) is 5.56 Å². The number of rotatable bonds is 7. The van der Waals surface area contributed by atoms with Crippen LogP contribution in [0.25, 0.3) is 11.1 Å². The number of alkyl halides is 3. The number of halogens is 3. The van der Waals surface area contributed by atoms with Crippen LogP contribution in [0.5, 0.6) is 0 Å². The summed E-state index contributed by atoms with van der Waals surface area (Å²) < 4.78 is 39.7. The fourth-order valence-electron chi connectivity index (χ4n) is 3.46. The molecule has 0 aliphatic carbocycles. The van der Waals surface area contributed by atoms with Crippen molar-refractivity contribution in [2.45, 2.75) is 25.2 Å². The molecule has 1 N–H and O–H groups in total. The van der Waals surface area contributed by atoms with Gasteiger partial charge in [-0.1, -0.05) is 72.8 Å². The molecule has 0 saturated carbocycles. The molecular formula is C24H24F3NO. The average molecular weight is 399 g/mol. The molecule has 0 bridgehead atoms. The van der Waals surface area contributed by atoms with E-state index in [4.69, 9.17) is 0 Å². The average Bonchev–Trinajstić information content (AvgIpc) is 2.68. The first-order valence-corrected chi connectivity index (χ1v) is 9.49. The minimum atomic E-state index is -4.38. The summed E-state index contributed by atoms with van der Waals surface area (Å²) in [6, 6.07) is 22.5. The molecule has 3 aromatic carbocycles. The van der Waals surface area contributed by atoms with Crippen molar-refractivity contribution in [1.29, 1.82) is 0 Å². The Morgan fingerprint density at radius 1 is 0.828 bits per heavy atom. The van der Waals surface area contributed by atoms with Crippen LogP contribution in [0, 0.1) is 0 Å². The van der Waals surface area contributed by atoms with Crippen LogP contribution in [-0.2, 0) is 19.1 Å². The normalized spacial score (nSPS) is 12.9. The Morgan fingerprint density at radius 2 is 1.45 bits per heavy atom. The summed E-state index contributed by atoms with van der Waals surface area (Å²) in [4.78, 5) is 2.01. The highest BCUT2D eigenvalue weighted by Gasteiger charge is 2.33. The minimum absolute atomic E-state index is 0.179. The number of aliphatic hydroxyl groups excluding tert-OH is 1. The van der Waals surface area contributed by atoms with Gasteiger partial charge in [0.15, 0.2) is 0 Å². The van der Waals surface area contributed by atoms with Crippen molar-refractivity contribution >= 4 is 0 Å². The van der Waals surface area contributed by atoms with Crippen LogP contribution in [0.15, 0.2) is 78.9 Å². The van der Waals surface area contributed by atoms with Gasteiger partial charge in [0.25, 0.3) is 0 Å². The van der Waals surface area contributed by atoms with Crippen LogP contribution in [-0.4, -0.2) is 29.7 Å². The Balaban J connectivity index is 1.62. The molecule has 0 fully saturated rings. The lowest BCUT2D eigenvalue weighted by Crippen LogP contribution is -2.30. The van der Waals surface area contributed by atoms with Crippen LogP contribution < -0.4 is 0 Å². The number of hydrogen-bond acceptors (Lipinski definition) is 2. The number of aliphatic hydroxyl groups is 1. The molecule has 0 saturated heterocycles. The first kappa shape index (κ1) is 21.1. The van der Waals surface area contributed by atoms with Gasteiger partial charge in [0, 0.05) is 13.1 Å². The summed E-state index contributed by atoms with van der Waals surface area (Å²) in [5.41, 5.74) is 2.15. The quantitative estimate of drug-likeness (QED) is 0.574. The molecule has 0 aliphatic heterocycles. The van der Waals surface area contributed by atoms with Crippen molar-refractivity contribution < 1.29 is 18.3 Å². The van der Waals surface area contributed by atoms with E-state index in [0.717, 1.165) is 17.2 Å². The number of nitrogens with zero attached hydrogens (tertiary/aromatic N) is 1. The van der Waals surface area contributed by atoms with E-state index in [2.05, 4.69) is 0 Å². The third kappa shape index (κ3) is 5.92. The second-order valence-electron chi connectivity index (χ2n) is 7.28. The lowest BCUT2D eigenvalue weighted by Gasteiger charge is -2.21. The van der Waals surface area contributed by atoms with Crippen LogP contribution in [0.2, 0.25) is 0 Å². The van der Waals surface area contributed by atoms with Crippen molar-refractivity contribution in [2.75, 3.05) is 13.6 Å². The Kier molecular flexibility index (Phi) is 6.72. The summed E-state index contributed by atoms with van der Waals surface area (Å²) >= 11 is 0. The summed E-state index contributed by atoms with van der Waals surface area (Å²) in [6.45, 7) is 1.11. The van der Waals surface area contributed by atoms with Crippen molar-refractivity contribution in [3.8, 4) is 11.1 Å². The highest BCUT2D eigenvalue weighted by atomic mass is 19.4. The fourth-order valence-corrected chi connectivity index (χ4v) is 3.46. The largest absolute Gasteiger partial charge is 0.417 e. The molecule has 0 aromatic heterocycles. The Hall–Kier alpha value is -2.63. The molecule has 5 heteroatoms. The van der Waals surface area contributed by atoms with Gasteiger partial charge in [-0.25, -0.2) is 0 Å². The Bertz CT molecular complexity index is 907. The van der Waals surface area contributed by atoms with Crippen LogP contribution >= 0.6 is 0 Å². The van der Waals surface area contributed by atoms with Crippen molar-refractivity contribution in [2.24, 2.45) is 0 Å². The monoisotopic (exact) mass is 399 g/mol. The highest BCUT2D eigenvalue weighted by molar-refractivity contribution is 5.68. The van der Waals surface area contributed by atoms with Gasteiger partial charge in [-0.3, -0.25) is 4.90 Å². The molecule has 3 rings (SSSR count). The van der Waals surface area contributed by atoms with Crippen molar-refractivity contribution in [3.05, 3.63) is 95.6 Å². The van der Waals surface area contributed by atoms with Crippen molar-refractivity contribution in [3.63, 3.8) is 0 Å². The van der Waals surface area contributed by atoms with Gasteiger partial charge in [-0.15, -0.1) is 0 Å². The summed E-state index contributed by atoms with van der Waals surface area (Å²) in [5.74, 6) is 0. The lowest BCUT2D eigenvalue weighted by atomic mass is 9.98. The smallest absolute Gasteiger partial charge is 0.391 e. The molecule has 0 heterocycles. The second-order valence-corrected chi connectivity index (χ2v) is 7.28. The molecule has 3 aromatic rings. The van der Waals surface area contributed by atoms with E-state index < -0.39 is 17.8 Å². The van der Waals surface area contributed by atoms with Gasteiger partial charge >= 0.3 is 6.18 Å². The molecule has 2 nitrogen and oxygen atoms in total. The zero-order valence-electron chi connectivity index (χ0n) is 16.2. The first-order valence-electron chi connectivity index (χ1n) is 9.49. The van der Waals surface area contributed by atoms with Crippen LogP contribution in [0.3, 0.4) is 0 Å². The molecule has 152 valence electrons. The van der Waals surface area contributed by atoms with Gasteiger partial charge in [0.1, 0.15) is 0 Å². The third-order valence-electron chi connectivity index (χ3n) is 4.79. The Labute approximate surface area is 169 Å². The van der Waals surface area contributed by atoms with Crippen LogP contribution in [0.4, 0.5) is 13.2 Å². The van der Waals surface area contributed by atoms with E-state index in [1.165, 1.54) is 12.1 Å². The van der Waals surface area contributed by atoms with Gasteiger partial charge in [-0.05, 0) is 41.8 Å². The van der Waals surface area contributed by atoms with E-state index in [1.54, 1.807) is 18.2 Å². The third-order valence-corrected chi connectivity index (χ3v) is 4.79. The van der Waals surface area contributed by atoms with Crippen molar-refractivity contribution in [1.82, 2.24) is 4.90 Å². The fraction of sp³-hybridized carbons (Fsp3) is 0.250. The SMILES string of the molecule is CN(Cc1ccc(-c2ccccc2C(F)(F)F)cc1)CC(O)Cc1ccccc1. The molecule has 0 radical (unpaired) electrons. The molecule has 1 atom stereocenters. The molecular weight excluding hydrogens is 375 g/mol. The number of benzene rings is 3. The number of hydrogen-bond donors (Lipinski definition) is 1. The van der Waals surface area contributed by atoms with Gasteiger partial charge < -0.3 is 5.11 Å². The topological polar surface area (TPSA) is 23.5 Å². The first-order chi connectivity index (χ1) is 13.8. The standard InChI is InChI=1S/C24H24F3NO/c1-28(17-21(29)15-18-7-3-2-4-8-18)16-19-11-13-20(14-12-19)22-9-5-6-10-23(22)24(25,26)27/h2-14,21,29H,15-17H2,1H3. The summed E-state index contributed by atoms with van der Waals surface area (Å²) in [7, 11) is 1.92. The summed E-state index contributed by atoms with van der Waals surface area (Å²) in [6.07, 6.45) is -4.29. The molecule has 0 amide bonds. The van der Waals surface area contributed by atoms with E-state index in [1.807, 2.05) is 54.4 Å². The maximum Gasteiger partial charge on any atom is 0.417 e. The van der Waals surface area contributed by atoms with E-state index in [0.29, 0.717) is 25.1 Å². The predicted molar refractivity (Wildman–Crippen MR) is 109 cm³/mol. The zero-order chi connectivity index (χ0) is 20.9. The predicted octanol–water partition coefficient (Wildman–Crippen LogP) is 5.41. The zero-order valence-corrected chi connectivity index (χ0v) is 16.2. The van der Waals surface area contributed by atoms with Gasteiger partial charge in [0.05, 0.1) is 11.7 Å². The molecule has 1 unspecified atom stereocenters. The molecule has 0 aliphatic rings. The van der Waals surface area contributed by atoms with E-state index >= 15 is 0 Å². The highest BCUT2D eigenvalue weighted by Crippen LogP contribution is 2.36. The van der Waals surface area contributed by atoms with E-state index in [9.17, 15) is 18.3 Å². The Morgan fingerprint density at radius 3 is 2.10 bits per heavy atom. The maximum atomic E-state index is 13.2. The number of likely N-dealkylation sites (N-methyl/N-ethyl adjacent to an activating group) is 1. The van der Waals surface area contributed by atoms with Gasteiger partial charge in [-0.2, -0.15) is 13.2 Å². The van der Waals surface area contributed by atoms with Crippen LogP contribution in [0.1, 0.15) is 16.7 Å². The second kappa shape index (κ2) is 9.25. The minimum Gasteiger partial charge on any atom is -0.391 e. The maximum absolute atomic E-state index is 13.2.